The minimum Gasteiger partial charge on any atom is -0.478 e. The fraction of sp³-hybridized carbons (Fsp3) is 0.467. The summed E-state index contributed by atoms with van der Waals surface area (Å²) in [6, 6.07) is 4.60. The highest BCUT2D eigenvalue weighted by atomic mass is 32.2. The van der Waals surface area contributed by atoms with Crippen molar-refractivity contribution in [1.82, 2.24) is 4.90 Å². The number of urea groups is 1. The molecule has 1 aliphatic heterocycles. The topological polar surface area (TPSA) is 69.6 Å². The van der Waals surface area contributed by atoms with Gasteiger partial charge in [-0.2, -0.15) is 11.8 Å². The molecule has 6 heteroatoms. The van der Waals surface area contributed by atoms with Crippen LogP contribution in [0.1, 0.15) is 29.3 Å². The summed E-state index contributed by atoms with van der Waals surface area (Å²) in [7, 11) is 0. The molecule has 0 saturated carbocycles. The summed E-state index contributed by atoms with van der Waals surface area (Å²) in [5.41, 5.74) is 1.59. The number of carbonyl (C=O) groups excluding carboxylic acids is 1. The lowest BCUT2D eigenvalue weighted by molar-refractivity contribution is 0.0697. The van der Waals surface area contributed by atoms with Crippen LogP contribution in [-0.4, -0.2) is 46.1 Å². The number of carboxylic acids is 1. The quantitative estimate of drug-likeness (QED) is 0.900. The molecule has 1 aromatic carbocycles. The summed E-state index contributed by atoms with van der Waals surface area (Å²) >= 11 is 1.90. The summed E-state index contributed by atoms with van der Waals surface area (Å²) in [6.45, 7) is 5.44. The van der Waals surface area contributed by atoms with E-state index < -0.39 is 5.97 Å². The second kappa shape index (κ2) is 6.85. The van der Waals surface area contributed by atoms with Gasteiger partial charge in [0.25, 0.3) is 0 Å². The zero-order valence-electron chi connectivity index (χ0n) is 12.3. The van der Waals surface area contributed by atoms with Crippen molar-refractivity contribution in [2.24, 2.45) is 0 Å². The number of anilines is 1. The molecule has 2 amide bonds. The van der Waals surface area contributed by atoms with Gasteiger partial charge in [0.1, 0.15) is 0 Å². The van der Waals surface area contributed by atoms with Crippen LogP contribution in [0.4, 0.5) is 10.5 Å². The molecule has 0 radical (unpaired) electrons. The van der Waals surface area contributed by atoms with Crippen LogP contribution in [0.2, 0.25) is 0 Å². The van der Waals surface area contributed by atoms with E-state index >= 15 is 0 Å². The van der Waals surface area contributed by atoms with Gasteiger partial charge in [0.2, 0.25) is 0 Å². The van der Waals surface area contributed by atoms with Gasteiger partial charge < -0.3 is 15.3 Å². The average Bonchev–Trinajstić information content (AvgIpc) is 2.49. The number of hydrogen-bond donors (Lipinski definition) is 2. The van der Waals surface area contributed by atoms with Crippen molar-refractivity contribution in [1.29, 1.82) is 0 Å². The van der Waals surface area contributed by atoms with Gasteiger partial charge in [-0.25, -0.2) is 9.59 Å². The fourth-order valence-corrected chi connectivity index (χ4v) is 3.41. The molecule has 1 aromatic rings. The van der Waals surface area contributed by atoms with Crippen LogP contribution >= 0.6 is 11.8 Å². The molecule has 1 aliphatic rings. The molecule has 0 aromatic heterocycles. The molecule has 0 aliphatic carbocycles. The Labute approximate surface area is 128 Å². The molecule has 5 nitrogen and oxygen atoms in total. The Hall–Kier alpha value is -1.69. The third kappa shape index (κ3) is 3.91. The summed E-state index contributed by atoms with van der Waals surface area (Å²) in [5.74, 6) is -0.0500. The summed E-state index contributed by atoms with van der Waals surface area (Å²) in [4.78, 5) is 25.1. The first kappa shape index (κ1) is 15.7. The molecule has 1 saturated heterocycles. The molecular weight excluding hydrogens is 288 g/mol. The van der Waals surface area contributed by atoms with E-state index in [-0.39, 0.29) is 11.6 Å². The maximum atomic E-state index is 12.3. The lowest BCUT2D eigenvalue weighted by atomic mass is 10.1. The molecule has 114 valence electrons. The lowest BCUT2D eigenvalue weighted by Crippen LogP contribution is -2.44. The molecule has 1 fully saturated rings. The molecular formula is C15H20N2O3S. The maximum absolute atomic E-state index is 12.3. The summed E-state index contributed by atoms with van der Waals surface area (Å²) in [5, 5.41) is 12.3. The normalized spacial score (nSPS) is 18.4. The van der Waals surface area contributed by atoms with Crippen LogP contribution in [0.15, 0.2) is 18.2 Å². The third-order valence-electron chi connectivity index (χ3n) is 3.61. The van der Waals surface area contributed by atoms with E-state index in [1.807, 2.05) is 18.7 Å². The zero-order valence-corrected chi connectivity index (χ0v) is 13.1. The number of aromatic carboxylic acids is 1. The Morgan fingerprint density at radius 1 is 1.48 bits per heavy atom. The summed E-state index contributed by atoms with van der Waals surface area (Å²) in [6.07, 6.45) is 1.04. The van der Waals surface area contributed by atoms with Crippen LogP contribution in [0.3, 0.4) is 0 Å². The van der Waals surface area contributed by atoms with Gasteiger partial charge in [0.05, 0.1) is 5.56 Å². The van der Waals surface area contributed by atoms with Crippen molar-refractivity contribution in [3.05, 3.63) is 29.3 Å². The first-order chi connectivity index (χ1) is 10.0. The number of thioether (sulfide) groups is 1. The van der Waals surface area contributed by atoms with E-state index in [9.17, 15) is 9.59 Å². The van der Waals surface area contributed by atoms with Crippen molar-refractivity contribution < 1.29 is 14.7 Å². The molecule has 1 heterocycles. The predicted molar refractivity (Wildman–Crippen MR) is 85.3 cm³/mol. The average molecular weight is 308 g/mol. The van der Waals surface area contributed by atoms with Crippen LogP contribution in [0.25, 0.3) is 0 Å². The Bertz CT molecular complexity index is 548. The van der Waals surface area contributed by atoms with E-state index in [2.05, 4.69) is 12.2 Å². The molecule has 2 rings (SSSR count). The molecule has 2 N–H and O–H groups in total. The van der Waals surface area contributed by atoms with Crippen LogP contribution in [0.5, 0.6) is 0 Å². The number of carboxylic acid groups (broad SMARTS) is 1. The van der Waals surface area contributed by atoms with Crippen molar-refractivity contribution in [3.63, 3.8) is 0 Å². The number of aryl methyl sites for hydroxylation is 1. The highest BCUT2D eigenvalue weighted by Gasteiger charge is 2.23. The van der Waals surface area contributed by atoms with E-state index in [0.717, 1.165) is 30.8 Å². The van der Waals surface area contributed by atoms with Crippen molar-refractivity contribution >= 4 is 29.4 Å². The molecule has 1 atom stereocenters. The van der Waals surface area contributed by atoms with E-state index in [1.165, 1.54) is 12.1 Å². The first-order valence-electron chi connectivity index (χ1n) is 7.02. The number of nitrogens with one attached hydrogen (secondary N) is 1. The second-order valence-electron chi connectivity index (χ2n) is 5.11. The highest BCUT2D eigenvalue weighted by molar-refractivity contribution is 8.00. The molecule has 0 bridgehead atoms. The second-order valence-corrected chi connectivity index (χ2v) is 6.52. The van der Waals surface area contributed by atoms with Crippen LogP contribution in [0, 0.1) is 6.92 Å². The van der Waals surface area contributed by atoms with Crippen molar-refractivity contribution in [2.45, 2.75) is 25.5 Å². The number of carbonyl (C=O) groups is 2. The van der Waals surface area contributed by atoms with Gasteiger partial charge in [0, 0.05) is 29.8 Å². The van der Waals surface area contributed by atoms with Gasteiger partial charge in [-0.1, -0.05) is 13.0 Å². The minimum atomic E-state index is -0.995. The van der Waals surface area contributed by atoms with Crippen LogP contribution < -0.4 is 5.32 Å². The van der Waals surface area contributed by atoms with Gasteiger partial charge in [-0.15, -0.1) is 0 Å². The Morgan fingerprint density at radius 3 is 2.90 bits per heavy atom. The summed E-state index contributed by atoms with van der Waals surface area (Å²) < 4.78 is 0. The molecule has 1 unspecified atom stereocenters. The van der Waals surface area contributed by atoms with Crippen molar-refractivity contribution in [3.8, 4) is 0 Å². The standard InChI is InChI=1S/C15H20N2O3S/c1-3-12-9-17(6-7-21-12)15(20)16-13-8-11(14(18)19)5-4-10(13)2/h4-5,8,12H,3,6-7,9H2,1-2H3,(H,16,20)(H,18,19). The predicted octanol–water partition coefficient (Wildman–Crippen LogP) is 3.05. The van der Waals surface area contributed by atoms with Crippen molar-refractivity contribution in [2.75, 3.05) is 24.2 Å². The minimum absolute atomic E-state index is 0.153. The number of benzene rings is 1. The maximum Gasteiger partial charge on any atom is 0.335 e. The zero-order chi connectivity index (χ0) is 15.4. The Balaban J connectivity index is 2.08. The van der Waals surface area contributed by atoms with E-state index in [0.29, 0.717) is 10.9 Å². The molecule has 0 spiro atoms. The number of rotatable bonds is 3. The lowest BCUT2D eigenvalue weighted by Gasteiger charge is -2.32. The largest absolute Gasteiger partial charge is 0.478 e. The van der Waals surface area contributed by atoms with E-state index in [4.69, 9.17) is 5.11 Å². The highest BCUT2D eigenvalue weighted by Crippen LogP contribution is 2.23. The number of amides is 2. The Kier molecular flexibility index (Phi) is 5.12. The van der Waals surface area contributed by atoms with Gasteiger partial charge in [-0.05, 0) is 31.0 Å². The SMILES string of the molecule is CCC1CN(C(=O)Nc2cc(C(=O)O)ccc2C)CCS1. The fourth-order valence-electron chi connectivity index (χ4n) is 2.23. The first-order valence-corrected chi connectivity index (χ1v) is 8.07. The monoisotopic (exact) mass is 308 g/mol. The van der Waals surface area contributed by atoms with Crippen LogP contribution in [-0.2, 0) is 0 Å². The van der Waals surface area contributed by atoms with Gasteiger partial charge in [0.15, 0.2) is 0 Å². The number of nitrogens with zero attached hydrogens (tertiary/aromatic N) is 1. The third-order valence-corrected chi connectivity index (χ3v) is 4.98. The molecule has 21 heavy (non-hydrogen) atoms. The van der Waals surface area contributed by atoms with Gasteiger partial charge >= 0.3 is 12.0 Å². The smallest absolute Gasteiger partial charge is 0.335 e. The van der Waals surface area contributed by atoms with E-state index in [1.54, 1.807) is 11.0 Å². The number of hydrogen-bond acceptors (Lipinski definition) is 3. The Morgan fingerprint density at radius 2 is 2.24 bits per heavy atom. The van der Waals surface area contributed by atoms with Gasteiger partial charge in [-0.3, -0.25) is 0 Å².